The van der Waals surface area contributed by atoms with Crippen LogP contribution in [0.1, 0.15) is 49.3 Å². The molecule has 4 heteroatoms. The van der Waals surface area contributed by atoms with Gasteiger partial charge in [-0.1, -0.05) is 91.4 Å². The lowest BCUT2D eigenvalue weighted by molar-refractivity contribution is -0.137. The Hall–Kier alpha value is -3.79. The van der Waals surface area contributed by atoms with Crippen LogP contribution in [-0.2, 0) is 29.2 Å². The number of ether oxygens (including phenoxy) is 3. The van der Waals surface area contributed by atoms with E-state index in [9.17, 15) is 4.79 Å². The molecule has 0 aromatic heterocycles. The van der Waals surface area contributed by atoms with Crippen molar-refractivity contribution in [1.82, 2.24) is 0 Å². The largest absolute Gasteiger partial charge is 0.489 e. The summed E-state index contributed by atoms with van der Waals surface area (Å²) in [5.74, 6) is 1.39. The molecule has 0 unspecified atom stereocenters. The van der Waals surface area contributed by atoms with Gasteiger partial charge in [-0.05, 0) is 55.4 Å². The summed E-state index contributed by atoms with van der Waals surface area (Å²) in [5, 5.41) is 0. The molecule has 3 aromatic carbocycles. The lowest BCUT2D eigenvalue weighted by Crippen LogP contribution is -2.01. The third-order valence-corrected chi connectivity index (χ3v) is 5.61. The van der Waals surface area contributed by atoms with Crippen LogP contribution in [0.15, 0.2) is 103 Å². The van der Waals surface area contributed by atoms with E-state index in [0.717, 1.165) is 54.7 Å². The van der Waals surface area contributed by atoms with Crippen LogP contribution in [0, 0.1) is 0 Å². The molecule has 0 fully saturated rings. The first-order chi connectivity index (χ1) is 17.7. The highest BCUT2D eigenvalue weighted by Gasteiger charge is 2.08. The van der Waals surface area contributed by atoms with Gasteiger partial charge in [0.1, 0.15) is 24.7 Å². The van der Waals surface area contributed by atoms with Crippen molar-refractivity contribution in [2.24, 2.45) is 0 Å². The second-order valence-corrected chi connectivity index (χ2v) is 8.46. The summed E-state index contributed by atoms with van der Waals surface area (Å²) in [6.45, 7) is 3.25. The normalized spacial score (nSPS) is 11.1. The van der Waals surface area contributed by atoms with E-state index in [1.54, 1.807) is 13.0 Å². The maximum absolute atomic E-state index is 11.3. The summed E-state index contributed by atoms with van der Waals surface area (Å²) in [6, 6.07) is 26.6. The van der Waals surface area contributed by atoms with Gasteiger partial charge in [-0.3, -0.25) is 0 Å². The van der Waals surface area contributed by atoms with Crippen molar-refractivity contribution in [1.29, 1.82) is 0 Å². The molecule has 0 radical (unpaired) electrons. The molecular weight excluding hydrogens is 448 g/mol. The van der Waals surface area contributed by atoms with Gasteiger partial charge in [-0.25, -0.2) is 4.79 Å². The predicted molar refractivity (Wildman–Crippen MR) is 145 cm³/mol. The molecule has 0 spiro atoms. The Bertz CT molecular complexity index is 1090. The molecule has 36 heavy (non-hydrogen) atoms. The van der Waals surface area contributed by atoms with Crippen molar-refractivity contribution in [3.05, 3.63) is 120 Å². The standard InChI is InChI=1S/C32H36O4/c1-2-34-32(33)21-15-7-5-3-4-6-14-20-29-22-23-30(35-25-27-16-10-8-11-17-27)24-31(29)36-26-28-18-12-9-13-19-28/h5,7-13,15-19,21-24H,2-4,6,14,20,25-26H2,1H3/b7-5+,21-15-. The van der Waals surface area contributed by atoms with Gasteiger partial charge in [-0.2, -0.15) is 0 Å². The Balaban J connectivity index is 1.50. The first-order valence-electron chi connectivity index (χ1n) is 12.7. The fourth-order valence-electron chi connectivity index (χ4n) is 3.70. The number of allylic oxidation sites excluding steroid dienone is 3. The van der Waals surface area contributed by atoms with Gasteiger partial charge < -0.3 is 14.2 Å². The van der Waals surface area contributed by atoms with Gasteiger partial charge in [0.2, 0.25) is 0 Å². The summed E-state index contributed by atoms with van der Waals surface area (Å²) in [7, 11) is 0. The topological polar surface area (TPSA) is 44.8 Å². The van der Waals surface area contributed by atoms with Crippen LogP contribution < -0.4 is 9.47 Å². The van der Waals surface area contributed by atoms with Crippen molar-refractivity contribution < 1.29 is 19.0 Å². The molecule has 0 saturated carbocycles. The maximum atomic E-state index is 11.3. The minimum absolute atomic E-state index is 0.302. The Morgan fingerprint density at radius 3 is 2.17 bits per heavy atom. The Morgan fingerprint density at radius 2 is 1.47 bits per heavy atom. The van der Waals surface area contributed by atoms with Crippen LogP contribution in [0.5, 0.6) is 11.5 Å². The van der Waals surface area contributed by atoms with E-state index >= 15 is 0 Å². The molecule has 0 bridgehead atoms. The third-order valence-electron chi connectivity index (χ3n) is 5.61. The van der Waals surface area contributed by atoms with E-state index in [-0.39, 0.29) is 5.97 Å². The molecule has 3 aromatic rings. The number of hydrogen-bond donors (Lipinski definition) is 0. The number of carbonyl (C=O) groups excluding carboxylic acids is 1. The molecular formula is C32H36O4. The van der Waals surface area contributed by atoms with Crippen molar-refractivity contribution in [3.8, 4) is 11.5 Å². The Kier molecular flexibility index (Phi) is 11.9. The highest BCUT2D eigenvalue weighted by atomic mass is 16.5. The monoisotopic (exact) mass is 484 g/mol. The molecule has 0 saturated heterocycles. The van der Waals surface area contributed by atoms with Crippen molar-refractivity contribution in [3.63, 3.8) is 0 Å². The number of hydrogen-bond acceptors (Lipinski definition) is 4. The molecule has 0 amide bonds. The second-order valence-electron chi connectivity index (χ2n) is 8.46. The molecule has 0 aliphatic rings. The lowest BCUT2D eigenvalue weighted by Gasteiger charge is -2.14. The summed E-state index contributed by atoms with van der Waals surface area (Å²) in [6.07, 6.45) is 12.4. The van der Waals surface area contributed by atoms with E-state index < -0.39 is 0 Å². The first kappa shape index (κ1) is 26.8. The van der Waals surface area contributed by atoms with E-state index in [1.165, 1.54) is 11.6 Å². The highest BCUT2D eigenvalue weighted by molar-refractivity contribution is 5.82. The fraction of sp³-hybridized carbons (Fsp3) is 0.281. The fourth-order valence-corrected chi connectivity index (χ4v) is 3.70. The number of unbranched alkanes of at least 4 members (excludes halogenated alkanes) is 3. The number of benzene rings is 3. The number of esters is 1. The van der Waals surface area contributed by atoms with Crippen LogP contribution in [-0.4, -0.2) is 12.6 Å². The van der Waals surface area contributed by atoms with Crippen LogP contribution in [0.2, 0.25) is 0 Å². The molecule has 0 aliphatic heterocycles. The zero-order chi connectivity index (χ0) is 25.3. The highest BCUT2D eigenvalue weighted by Crippen LogP contribution is 2.28. The van der Waals surface area contributed by atoms with E-state index in [4.69, 9.17) is 14.2 Å². The molecule has 3 rings (SSSR count). The molecule has 0 aliphatic carbocycles. The minimum Gasteiger partial charge on any atom is -0.489 e. The Morgan fingerprint density at radius 1 is 0.778 bits per heavy atom. The zero-order valence-corrected chi connectivity index (χ0v) is 21.1. The van der Waals surface area contributed by atoms with Gasteiger partial charge in [0.15, 0.2) is 0 Å². The summed E-state index contributed by atoms with van der Waals surface area (Å²) in [4.78, 5) is 11.3. The summed E-state index contributed by atoms with van der Waals surface area (Å²) in [5.41, 5.74) is 3.48. The van der Waals surface area contributed by atoms with Gasteiger partial charge in [0, 0.05) is 12.1 Å². The van der Waals surface area contributed by atoms with Crippen LogP contribution in [0.4, 0.5) is 0 Å². The van der Waals surface area contributed by atoms with Crippen molar-refractivity contribution in [2.45, 2.75) is 52.2 Å². The van der Waals surface area contributed by atoms with Crippen molar-refractivity contribution in [2.75, 3.05) is 6.61 Å². The SMILES string of the molecule is CCOC(=O)/C=C\C=C\CCCCCc1ccc(OCc2ccccc2)cc1OCc1ccccc1. The molecule has 188 valence electrons. The minimum atomic E-state index is -0.302. The predicted octanol–water partition coefficient (Wildman–Crippen LogP) is 7.62. The number of rotatable bonds is 15. The summed E-state index contributed by atoms with van der Waals surface area (Å²) >= 11 is 0. The quantitative estimate of drug-likeness (QED) is 0.0963. The first-order valence-corrected chi connectivity index (χ1v) is 12.7. The van der Waals surface area contributed by atoms with Gasteiger partial charge >= 0.3 is 5.97 Å². The smallest absolute Gasteiger partial charge is 0.330 e. The maximum Gasteiger partial charge on any atom is 0.330 e. The van der Waals surface area contributed by atoms with E-state index in [2.05, 4.69) is 36.4 Å². The number of aryl methyl sites for hydroxylation is 1. The average molecular weight is 485 g/mol. The molecule has 0 heterocycles. The van der Waals surface area contributed by atoms with E-state index in [1.807, 2.05) is 54.6 Å². The lowest BCUT2D eigenvalue weighted by atomic mass is 10.0. The summed E-state index contributed by atoms with van der Waals surface area (Å²) < 4.78 is 17.1. The third kappa shape index (κ3) is 10.2. The van der Waals surface area contributed by atoms with Gasteiger partial charge in [-0.15, -0.1) is 0 Å². The van der Waals surface area contributed by atoms with Crippen LogP contribution >= 0.6 is 0 Å². The van der Waals surface area contributed by atoms with E-state index in [0.29, 0.717) is 19.8 Å². The van der Waals surface area contributed by atoms with Gasteiger partial charge in [0.25, 0.3) is 0 Å². The number of carbonyl (C=O) groups is 1. The van der Waals surface area contributed by atoms with Crippen LogP contribution in [0.25, 0.3) is 0 Å². The Labute approximate surface area is 215 Å². The molecule has 0 N–H and O–H groups in total. The zero-order valence-electron chi connectivity index (χ0n) is 21.1. The second kappa shape index (κ2) is 16.0. The average Bonchev–Trinajstić information content (AvgIpc) is 2.91. The molecule has 0 atom stereocenters. The van der Waals surface area contributed by atoms with Crippen molar-refractivity contribution >= 4 is 5.97 Å². The molecule has 4 nitrogen and oxygen atoms in total. The van der Waals surface area contributed by atoms with Gasteiger partial charge in [0.05, 0.1) is 6.61 Å². The van der Waals surface area contributed by atoms with Crippen LogP contribution in [0.3, 0.4) is 0 Å².